The molecule has 0 aliphatic carbocycles. The van der Waals surface area contributed by atoms with E-state index in [1.54, 1.807) is 0 Å². The van der Waals surface area contributed by atoms with Crippen molar-refractivity contribution in [3.05, 3.63) is 29.0 Å². The van der Waals surface area contributed by atoms with Crippen molar-refractivity contribution in [1.29, 1.82) is 0 Å². The number of nitrogens with zero attached hydrogens (tertiary/aromatic N) is 3. The number of anilines is 1. The number of aromatic nitrogens is 4. The molecular formula is C8H9ClN6O2S. The molecule has 0 radical (unpaired) electrons. The number of halogens is 1. The molecule has 0 aliphatic rings. The smallest absolute Gasteiger partial charge is 0.242 e. The number of tetrazole rings is 1. The molecule has 2 aromatic rings. The molecule has 4 N–H and O–H groups in total. The van der Waals surface area contributed by atoms with Crippen LogP contribution in [0, 0.1) is 0 Å². The molecule has 0 spiro atoms. The molecule has 8 nitrogen and oxygen atoms in total. The molecule has 0 bridgehead atoms. The Kier molecular flexibility index (Phi) is 3.45. The Morgan fingerprint density at radius 2 is 2.22 bits per heavy atom. The maximum absolute atomic E-state index is 12.0. The number of hydrogen-bond acceptors (Lipinski definition) is 6. The van der Waals surface area contributed by atoms with E-state index in [0.717, 1.165) is 0 Å². The molecule has 1 aromatic carbocycles. The van der Waals surface area contributed by atoms with Crippen molar-refractivity contribution in [3.63, 3.8) is 0 Å². The number of rotatable bonds is 4. The Balaban J connectivity index is 2.22. The molecule has 0 atom stereocenters. The van der Waals surface area contributed by atoms with Crippen molar-refractivity contribution >= 4 is 27.3 Å². The molecule has 0 fully saturated rings. The minimum absolute atomic E-state index is 0.0878. The first-order valence-corrected chi connectivity index (χ1v) is 6.62. The number of nitrogens with two attached hydrogens (primary N) is 1. The average Bonchev–Trinajstić information content (AvgIpc) is 2.83. The summed E-state index contributed by atoms with van der Waals surface area (Å²) < 4.78 is 26.2. The Bertz CT molecular complexity index is 642. The lowest BCUT2D eigenvalue weighted by Gasteiger charge is -2.07. The van der Waals surface area contributed by atoms with Gasteiger partial charge in [-0.1, -0.05) is 16.8 Å². The zero-order valence-electron chi connectivity index (χ0n) is 8.96. The van der Waals surface area contributed by atoms with Crippen LogP contribution in [-0.4, -0.2) is 29.0 Å². The SMILES string of the molecule is Nc1ccc(Cl)c(S(=O)(=O)NCc2nn[nH]n2)c1. The highest BCUT2D eigenvalue weighted by Crippen LogP contribution is 2.23. The van der Waals surface area contributed by atoms with Gasteiger partial charge in [-0.15, -0.1) is 10.2 Å². The molecule has 10 heteroatoms. The number of H-pyrrole nitrogens is 1. The van der Waals surface area contributed by atoms with Gasteiger partial charge in [0.25, 0.3) is 0 Å². The molecule has 0 unspecified atom stereocenters. The fourth-order valence-corrected chi connectivity index (χ4v) is 2.73. The van der Waals surface area contributed by atoms with E-state index in [-0.39, 0.29) is 22.3 Å². The summed E-state index contributed by atoms with van der Waals surface area (Å²) in [7, 11) is -3.77. The van der Waals surface area contributed by atoms with Crippen molar-refractivity contribution in [2.24, 2.45) is 0 Å². The Morgan fingerprint density at radius 3 is 2.89 bits per heavy atom. The van der Waals surface area contributed by atoms with Crippen LogP contribution in [0.5, 0.6) is 0 Å². The number of nitrogen functional groups attached to an aromatic ring is 1. The van der Waals surface area contributed by atoms with E-state index in [9.17, 15) is 8.42 Å². The normalized spacial score (nSPS) is 11.6. The second-order valence-corrected chi connectivity index (χ2v) is 5.49. The molecule has 0 amide bonds. The van der Waals surface area contributed by atoms with Crippen LogP contribution in [0.4, 0.5) is 5.69 Å². The minimum atomic E-state index is -3.77. The molecule has 0 saturated carbocycles. The van der Waals surface area contributed by atoms with Crippen LogP contribution < -0.4 is 10.5 Å². The van der Waals surface area contributed by atoms with Crippen molar-refractivity contribution in [2.75, 3.05) is 5.73 Å². The number of aromatic amines is 1. The van der Waals surface area contributed by atoms with Crippen molar-refractivity contribution in [1.82, 2.24) is 25.3 Å². The molecule has 0 saturated heterocycles. The van der Waals surface area contributed by atoms with E-state index in [0.29, 0.717) is 5.69 Å². The fraction of sp³-hybridized carbons (Fsp3) is 0.125. The van der Waals surface area contributed by atoms with Crippen LogP contribution in [0.1, 0.15) is 5.82 Å². The van der Waals surface area contributed by atoms with E-state index >= 15 is 0 Å². The van der Waals surface area contributed by atoms with Gasteiger partial charge < -0.3 is 5.73 Å². The second kappa shape index (κ2) is 4.88. The molecule has 2 rings (SSSR count). The van der Waals surface area contributed by atoms with Gasteiger partial charge in [0.2, 0.25) is 10.0 Å². The maximum Gasteiger partial charge on any atom is 0.242 e. The van der Waals surface area contributed by atoms with Crippen molar-refractivity contribution in [2.45, 2.75) is 11.4 Å². The van der Waals surface area contributed by atoms with Gasteiger partial charge >= 0.3 is 0 Å². The zero-order chi connectivity index (χ0) is 13.2. The van der Waals surface area contributed by atoms with Crippen LogP contribution in [0.15, 0.2) is 23.1 Å². The first-order chi connectivity index (χ1) is 8.49. The van der Waals surface area contributed by atoms with E-state index in [1.165, 1.54) is 18.2 Å². The lowest BCUT2D eigenvalue weighted by atomic mass is 10.3. The van der Waals surface area contributed by atoms with Gasteiger partial charge in [-0.25, -0.2) is 13.1 Å². The summed E-state index contributed by atoms with van der Waals surface area (Å²) in [4.78, 5) is -0.0901. The first-order valence-electron chi connectivity index (χ1n) is 4.76. The second-order valence-electron chi connectivity index (χ2n) is 3.34. The quantitative estimate of drug-likeness (QED) is 0.675. The van der Waals surface area contributed by atoms with Gasteiger partial charge in [0.1, 0.15) is 4.90 Å². The predicted octanol–water partition coefficient (Wildman–Crippen LogP) is -0.0862. The van der Waals surface area contributed by atoms with E-state index < -0.39 is 10.0 Å². The average molecular weight is 289 g/mol. The highest BCUT2D eigenvalue weighted by atomic mass is 35.5. The zero-order valence-corrected chi connectivity index (χ0v) is 10.5. The summed E-state index contributed by atoms with van der Waals surface area (Å²) in [6.07, 6.45) is 0. The van der Waals surface area contributed by atoms with Crippen LogP contribution in [0.2, 0.25) is 5.02 Å². The van der Waals surface area contributed by atoms with Crippen LogP contribution in [0.25, 0.3) is 0 Å². The fourth-order valence-electron chi connectivity index (χ4n) is 1.22. The van der Waals surface area contributed by atoms with E-state index in [2.05, 4.69) is 25.3 Å². The summed E-state index contributed by atoms with van der Waals surface area (Å²) in [6.45, 7) is -0.0933. The summed E-state index contributed by atoms with van der Waals surface area (Å²) in [5.74, 6) is 0.221. The van der Waals surface area contributed by atoms with Gasteiger partial charge in [0, 0.05) is 5.69 Å². The monoisotopic (exact) mass is 288 g/mol. The minimum Gasteiger partial charge on any atom is -0.399 e. The number of hydrogen-bond donors (Lipinski definition) is 3. The van der Waals surface area contributed by atoms with Gasteiger partial charge in [0.15, 0.2) is 5.82 Å². The number of benzene rings is 1. The summed E-state index contributed by atoms with van der Waals surface area (Å²) in [6, 6.07) is 4.21. The lowest BCUT2D eigenvalue weighted by Crippen LogP contribution is -2.24. The third-order valence-corrected chi connectivity index (χ3v) is 3.94. The van der Waals surface area contributed by atoms with Crippen molar-refractivity contribution in [3.8, 4) is 0 Å². The predicted molar refractivity (Wildman–Crippen MR) is 64.1 cm³/mol. The summed E-state index contributed by atoms with van der Waals surface area (Å²) in [5, 5.41) is 12.9. The van der Waals surface area contributed by atoms with E-state index in [1.807, 2.05) is 0 Å². The highest BCUT2D eigenvalue weighted by Gasteiger charge is 2.18. The summed E-state index contributed by atoms with van der Waals surface area (Å²) in [5.41, 5.74) is 5.83. The van der Waals surface area contributed by atoms with Gasteiger partial charge in [-0.3, -0.25) is 0 Å². The molecule has 18 heavy (non-hydrogen) atoms. The Hall–Kier alpha value is -1.71. The van der Waals surface area contributed by atoms with Crippen molar-refractivity contribution < 1.29 is 8.42 Å². The largest absolute Gasteiger partial charge is 0.399 e. The third kappa shape index (κ3) is 2.75. The third-order valence-electron chi connectivity index (χ3n) is 2.05. The topological polar surface area (TPSA) is 127 Å². The van der Waals surface area contributed by atoms with Gasteiger partial charge in [-0.2, -0.15) is 5.21 Å². The Labute approximate surface area is 108 Å². The van der Waals surface area contributed by atoms with Crippen LogP contribution in [-0.2, 0) is 16.6 Å². The van der Waals surface area contributed by atoms with Gasteiger partial charge in [0.05, 0.1) is 11.6 Å². The highest BCUT2D eigenvalue weighted by molar-refractivity contribution is 7.89. The number of nitrogens with one attached hydrogen (secondary N) is 2. The van der Waals surface area contributed by atoms with Crippen LogP contribution in [0.3, 0.4) is 0 Å². The molecule has 96 valence electrons. The van der Waals surface area contributed by atoms with Crippen LogP contribution >= 0.6 is 11.6 Å². The molecule has 0 aliphatic heterocycles. The summed E-state index contributed by atoms with van der Waals surface area (Å²) >= 11 is 5.82. The standard InChI is InChI=1S/C8H9ClN6O2S/c9-6-2-1-5(10)3-7(6)18(16,17)11-4-8-12-14-15-13-8/h1-3,11H,4,10H2,(H,12,13,14,15). The molecule has 1 aromatic heterocycles. The number of sulfonamides is 1. The molecular weight excluding hydrogens is 280 g/mol. The molecule has 1 heterocycles. The van der Waals surface area contributed by atoms with Gasteiger partial charge in [-0.05, 0) is 18.2 Å². The lowest BCUT2D eigenvalue weighted by molar-refractivity contribution is 0.579. The maximum atomic E-state index is 12.0. The van der Waals surface area contributed by atoms with E-state index in [4.69, 9.17) is 17.3 Å². The first kappa shape index (κ1) is 12.7. The Morgan fingerprint density at radius 1 is 1.44 bits per heavy atom.